The van der Waals surface area contributed by atoms with Gasteiger partial charge in [-0.1, -0.05) is 0 Å². The number of nitrogens with zero attached hydrogens (tertiary/aromatic N) is 2. The fourth-order valence-electron chi connectivity index (χ4n) is 4.91. The largest absolute Gasteiger partial charge is 0.379 e. The van der Waals surface area contributed by atoms with E-state index in [4.69, 9.17) is 4.74 Å². The van der Waals surface area contributed by atoms with Crippen molar-refractivity contribution in [2.45, 2.75) is 38.5 Å². The Kier molecular flexibility index (Phi) is 3.33. The second-order valence-corrected chi connectivity index (χ2v) is 6.96. The van der Waals surface area contributed by atoms with Crippen LogP contribution in [0.3, 0.4) is 0 Å². The van der Waals surface area contributed by atoms with Gasteiger partial charge >= 0.3 is 6.03 Å². The summed E-state index contributed by atoms with van der Waals surface area (Å²) >= 11 is 0. The number of aryl methyl sites for hydroxylation is 1. The zero-order valence-corrected chi connectivity index (χ0v) is 13.2. The van der Waals surface area contributed by atoms with Gasteiger partial charge in [-0.3, -0.25) is 4.98 Å². The third kappa shape index (κ3) is 2.02. The third-order valence-corrected chi connectivity index (χ3v) is 5.93. The maximum absolute atomic E-state index is 12.6. The standard InChI is InChI=1S/C17H23N3O2/c1-10-3-4-18-7-13(10)8-19-17(21)20-9-12-5-11-6-14(12)15(20)16(11)22-2/h3-4,7,11-12,14-16H,5-6,8-9H2,1-2H3,(H,19,21). The summed E-state index contributed by atoms with van der Waals surface area (Å²) in [6.45, 7) is 3.48. The number of fused-ring (bicyclic) bond motifs is 1. The van der Waals surface area contributed by atoms with E-state index < -0.39 is 0 Å². The highest BCUT2D eigenvalue weighted by Crippen LogP contribution is 2.55. The maximum atomic E-state index is 12.6. The molecule has 5 nitrogen and oxygen atoms in total. The van der Waals surface area contributed by atoms with Crippen molar-refractivity contribution in [1.29, 1.82) is 0 Å². The summed E-state index contributed by atoms with van der Waals surface area (Å²) in [4.78, 5) is 18.8. The Balaban J connectivity index is 1.44. The van der Waals surface area contributed by atoms with Gasteiger partial charge in [-0.15, -0.1) is 0 Å². The molecule has 2 bridgehead atoms. The molecule has 2 amide bonds. The van der Waals surface area contributed by atoms with Crippen molar-refractivity contribution in [2.24, 2.45) is 17.8 Å². The second-order valence-electron chi connectivity index (χ2n) is 6.96. The maximum Gasteiger partial charge on any atom is 0.318 e. The van der Waals surface area contributed by atoms with E-state index in [9.17, 15) is 4.79 Å². The van der Waals surface area contributed by atoms with Gasteiger partial charge in [0, 0.05) is 32.6 Å². The molecule has 1 N–H and O–H groups in total. The molecule has 22 heavy (non-hydrogen) atoms. The minimum Gasteiger partial charge on any atom is -0.379 e. The summed E-state index contributed by atoms with van der Waals surface area (Å²) in [6.07, 6.45) is 6.30. The highest BCUT2D eigenvalue weighted by molar-refractivity contribution is 5.75. The monoisotopic (exact) mass is 301 g/mol. The van der Waals surface area contributed by atoms with Crippen LogP contribution in [-0.2, 0) is 11.3 Å². The highest BCUT2D eigenvalue weighted by Gasteiger charge is 2.60. The lowest BCUT2D eigenvalue weighted by molar-refractivity contribution is 0.0189. The van der Waals surface area contributed by atoms with Crippen LogP contribution in [0.5, 0.6) is 0 Å². The van der Waals surface area contributed by atoms with E-state index in [-0.39, 0.29) is 18.2 Å². The second kappa shape index (κ2) is 5.23. The van der Waals surface area contributed by atoms with Crippen LogP contribution in [0, 0.1) is 24.7 Å². The molecule has 0 spiro atoms. The Labute approximate surface area is 131 Å². The van der Waals surface area contributed by atoms with Crippen molar-refractivity contribution in [1.82, 2.24) is 15.2 Å². The molecule has 4 rings (SSSR count). The smallest absolute Gasteiger partial charge is 0.318 e. The molecule has 118 valence electrons. The van der Waals surface area contributed by atoms with E-state index in [1.165, 1.54) is 12.8 Å². The Morgan fingerprint density at radius 2 is 2.32 bits per heavy atom. The molecule has 2 saturated carbocycles. The van der Waals surface area contributed by atoms with E-state index in [0.29, 0.717) is 24.3 Å². The number of pyridine rings is 1. The number of hydrogen-bond acceptors (Lipinski definition) is 3. The first-order valence-corrected chi connectivity index (χ1v) is 8.15. The number of methoxy groups -OCH3 is 1. The molecule has 1 aliphatic heterocycles. The summed E-state index contributed by atoms with van der Waals surface area (Å²) in [7, 11) is 1.79. The minimum absolute atomic E-state index is 0.0466. The Bertz CT molecular complexity index is 589. The quantitative estimate of drug-likeness (QED) is 0.928. The molecule has 2 aliphatic carbocycles. The number of carbonyl (C=O) groups is 1. The van der Waals surface area contributed by atoms with Gasteiger partial charge in [-0.2, -0.15) is 0 Å². The number of ether oxygens (including phenoxy) is 1. The van der Waals surface area contributed by atoms with Gasteiger partial charge < -0.3 is 15.0 Å². The average molecular weight is 301 g/mol. The Morgan fingerprint density at radius 3 is 3.09 bits per heavy atom. The first-order chi connectivity index (χ1) is 10.7. The lowest BCUT2D eigenvalue weighted by Gasteiger charge is -2.31. The molecule has 2 heterocycles. The van der Waals surface area contributed by atoms with Crippen LogP contribution in [0.4, 0.5) is 4.79 Å². The molecule has 1 saturated heterocycles. The molecule has 5 atom stereocenters. The van der Waals surface area contributed by atoms with Crippen LogP contribution < -0.4 is 5.32 Å². The predicted molar refractivity (Wildman–Crippen MR) is 82.2 cm³/mol. The van der Waals surface area contributed by atoms with E-state index in [1.54, 1.807) is 13.3 Å². The molecule has 0 aromatic carbocycles. The average Bonchev–Trinajstić information content (AvgIpc) is 3.13. The zero-order valence-electron chi connectivity index (χ0n) is 13.2. The molecule has 1 aromatic heterocycles. The normalized spacial score (nSPS) is 35.2. The van der Waals surface area contributed by atoms with Crippen LogP contribution in [-0.4, -0.2) is 41.7 Å². The van der Waals surface area contributed by atoms with Crippen molar-refractivity contribution in [2.75, 3.05) is 13.7 Å². The number of aromatic nitrogens is 1. The summed E-state index contributed by atoms with van der Waals surface area (Å²) in [5.74, 6) is 2.00. The molecule has 5 heteroatoms. The number of urea groups is 1. The van der Waals surface area contributed by atoms with Crippen LogP contribution in [0.15, 0.2) is 18.5 Å². The molecule has 3 fully saturated rings. The number of carbonyl (C=O) groups excluding carboxylic acids is 1. The van der Waals surface area contributed by atoms with E-state index in [2.05, 4.69) is 10.3 Å². The summed E-state index contributed by atoms with van der Waals surface area (Å²) < 4.78 is 5.71. The third-order valence-electron chi connectivity index (χ3n) is 5.93. The van der Waals surface area contributed by atoms with Crippen LogP contribution in [0.2, 0.25) is 0 Å². The van der Waals surface area contributed by atoms with Gasteiger partial charge in [-0.25, -0.2) is 4.79 Å². The van der Waals surface area contributed by atoms with Gasteiger partial charge in [-0.05, 0) is 54.7 Å². The predicted octanol–water partition coefficient (Wildman–Crippen LogP) is 1.95. The molecular formula is C17H23N3O2. The molecule has 3 aliphatic rings. The van der Waals surface area contributed by atoms with Crippen LogP contribution >= 0.6 is 0 Å². The molecular weight excluding hydrogens is 278 g/mol. The Morgan fingerprint density at radius 1 is 1.45 bits per heavy atom. The van der Waals surface area contributed by atoms with Crippen molar-refractivity contribution in [3.63, 3.8) is 0 Å². The number of hydrogen-bond donors (Lipinski definition) is 1. The van der Waals surface area contributed by atoms with E-state index in [0.717, 1.165) is 17.7 Å². The van der Waals surface area contributed by atoms with Crippen molar-refractivity contribution < 1.29 is 9.53 Å². The lowest BCUT2D eigenvalue weighted by Crippen LogP contribution is -2.48. The number of amides is 2. The van der Waals surface area contributed by atoms with Crippen LogP contribution in [0.25, 0.3) is 0 Å². The van der Waals surface area contributed by atoms with Crippen molar-refractivity contribution in [3.05, 3.63) is 29.6 Å². The topological polar surface area (TPSA) is 54.5 Å². The van der Waals surface area contributed by atoms with Crippen molar-refractivity contribution in [3.8, 4) is 0 Å². The number of likely N-dealkylation sites (tertiary alicyclic amines) is 1. The molecule has 1 aromatic rings. The van der Waals surface area contributed by atoms with E-state index in [1.807, 2.05) is 24.1 Å². The van der Waals surface area contributed by atoms with Gasteiger partial charge in [0.2, 0.25) is 0 Å². The fraction of sp³-hybridized carbons (Fsp3) is 0.647. The zero-order chi connectivity index (χ0) is 15.3. The first kappa shape index (κ1) is 14.0. The van der Waals surface area contributed by atoms with Gasteiger partial charge in [0.1, 0.15) is 0 Å². The van der Waals surface area contributed by atoms with Gasteiger partial charge in [0.25, 0.3) is 0 Å². The summed E-state index contributed by atoms with van der Waals surface area (Å²) in [5, 5.41) is 3.07. The van der Waals surface area contributed by atoms with E-state index >= 15 is 0 Å². The number of nitrogens with one attached hydrogen (secondary N) is 1. The van der Waals surface area contributed by atoms with Gasteiger partial charge in [0.15, 0.2) is 0 Å². The number of rotatable bonds is 3. The lowest BCUT2D eigenvalue weighted by atomic mass is 9.88. The summed E-state index contributed by atoms with van der Waals surface area (Å²) in [5.41, 5.74) is 2.23. The highest BCUT2D eigenvalue weighted by atomic mass is 16.5. The minimum atomic E-state index is 0.0466. The molecule has 0 radical (unpaired) electrons. The van der Waals surface area contributed by atoms with Gasteiger partial charge in [0.05, 0.1) is 12.1 Å². The van der Waals surface area contributed by atoms with Crippen molar-refractivity contribution >= 4 is 6.03 Å². The van der Waals surface area contributed by atoms with Crippen LogP contribution in [0.1, 0.15) is 24.0 Å². The SMILES string of the molecule is COC1C2CC3CN(C(=O)NCc4cnccc4C)C1C3C2. The molecule has 5 unspecified atom stereocenters. The Hall–Kier alpha value is -1.62. The fourth-order valence-corrected chi connectivity index (χ4v) is 4.91. The first-order valence-electron chi connectivity index (χ1n) is 8.15. The summed E-state index contributed by atoms with van der Waals surface area (Å²) in [6, 6.07) is 2.30.